The zero-order chi connectivity index (χ0) is 30.2. The SMILES string of the molecule is CCCCCCCCOC(=O)/C(C#N)=C1/C=Cc2ccc3c(c2N1)N/C(=C(\C#N)C(=O)OCCCCCCCC)C=C3. The zero-order valence-electron chi connectivity index (χ0n) is 24.9. The van der Waals surface area contributed by atoms with Crippen LogP contribution in [0.3, 0.4) is 0 Å². The van der Waals surface area contributed by atoms with Crippen molar-refractivity contribution >= 4 is 35.5 Å². The van der Waals surface area contributed by atoms with Crippen LogP contribution in [0.2, 0.25) is 0 Å². The number of fused-ring (bicyclic) bond motifs is 3. The largest absolute Gasteiger partial charge is 0.462 e. The van der Waals surface area contributed by atoms with Crippen molar-refractivity contribution in [3.05, 3.63) is 58.0 Å². The van der Waals surface area contributed by atoms with Gasteiger partial charge in [-0.25, -0.2) is 9.59 Å². The van der Waals surface area contributed by atoms with Crippen molar-refractivity contribution in [2.45, 2.75) is 90.9 Å². The number of carbonyl (C=O) groups is 2. The summed E-state index contributed by atoms with van der Waals surface area (Å²) >= 11 is 0. The normalized spacial score (nSPS) is 15.2. The Kier molecular flexibility index (Phi) is 13.4. The number of anilines is 2. The number of nitrogens with one attached hydrogen (secondary N) is 2. The molecule has 0 aliphatic carbocycles. The van der Waals surface area contributed by atoms with E-state index in [1.165, 1.54) is 38.5 Å². The Morgan fingerprint density at radius 2 is 1.00 bits per heavy atom. The minimum Gasteiger partial charge on any atom is -0.462 e. The van der Waals surface area contributed by atoms with E-state index in [0.717, 1.165) is 49.7 Å². The number of nitrogens with zero attached hydrogens (tertiary/aromatic N) is 2. The number of carbonyl (C=O) groups excluding carboxylic acids is 2. The van der Waals surface area contributed by atoms with Gasteiger partial charge in [-0.2, -0.15) is 10.5 Å². The van der Waals surface area contributed by atoms with E-state index in [1.807, 2.05) is 36.4 Å². The lowest BCUT2D eigenvalue weighted by Crippen LogP contribution is -2.18. The fourth-order valence-electron chi connectivity index (χ4n) is 4.84. The van der Waals surface area contributed by atoms with E-state index in [4.69, 9.17) is 9.47 Å². The van der Waals surface area contributed by atoms with Gasteiger partial charge in [0.2, 0.25) is 0 Å². The Hall–Kier alpha value is -4.30. The van der Waals surface area contributed by atoms with E-state index >= 15 is 0 Å². The molecule has 0 bridgehead atoms. The number of hydrogen-bond acceptors (Lipinski definition) is 8. The van der Waals surface area contributed by atoms with Crippen LogP contribution < -0.4 is 10.6 Å². The number of ether oxygens (including phenoxy) is 2. The van der Waals surface area contributed by atoms with E-state index in [2.05, 4.69) is 24.5 Å². The molecule has 1 aromatic carbocycles. The minimum absolute atomic E-state index is 0.112. The number of unbranched alkanes of at least 4 members (excludes halogenated alkanes) is 10. The highest BCUT2D eigenvalue weighted by atomic mass is 16.5. The molecule has 2 N–H and O–H groups in total. The van der Waals surface area contributed by atoms with Crippen LogP contribution in [-0.2, 0) is 19.1 Å². The van der Waals surface area contributed by atoms with Crippen LogP contribution in [0.25, 0.3) is 12.2 Å². The summed E-state index contributed by atoms with van der Waals surface area (Å²) in [5.74, 6) is -1.33. The number of esters is 2. The summed E-state index contributed by atoms with van der Waals surface area (Å²) in [5, 5.41) is 26.0. The molecule has 2 heterocycles. The predicted octanol–water partition coefficient (Wildman–Crippen LogP) is 7.93. The van der Waals surface area contributed by atoms with Crippen LogP contribution in [0.4, 0.5) is 11.4 Å². The van der Waals surface area contributed by atoms with Gasteiger partial charge in [0.15, 0.2) is 11.1 Å². The molecule has 0 saturated heterocycles. The fourth-order valence-corrected chi connectivity index (χ4v) is 4.84. The molecule has 0 radical (unpaired) electrons. The summed E-state index contributed by atoms with van der Waals surface area (Å²) < 4.78 is 10.8. The first kappa shape index (κ1) is 32.2. The van der Waals surface area contributed by atoms with E-state index in [0.29, 0.717) is 22.8 Å². The minimum atomic E-state index is -0.667. The summed E-state index contributed by atoms with van der Waals surface area (Å²) in [7, 11) is 0. The van der Waals surface area contributed by atoms with Crippen LogP contribution in [0, 0.1) is 22.7 Å². The van der Waals surface area contributed by atoms with Crippen LogP contribution in [0.15, 0.2) is 46.8 Å². The molecule has 0 saturated carbocycles. The second kappa shape index (κ2) is 17.5. The molecule has 8 heteroatoms. The molecule has 3 rings (SSSR count). The van der Waals surface area contributed by atoms with Crippen LogP contribution >= 0.6 is 0 Å². The molecule has 8 nitrogen and oxygen atoms in total. The highest BCUT2D eigenvalue weighted by Gasteiger charge is 2.24. The van der Waals surface area contributed by atoms with Gasteiger partial charge in [-0.3, -0.25) is 0 Å². The molecule has 42 heavy (non-hydrogen) atoms. The number of rotatable bonds is 16. The van der Waals surface area contributed by atoms with Gasteiger partial charge in [-0.1, -0.05) is 102 Å². The first-order valence-electron chi connectivity index (χ1n) is 15.2. The molecule has 2 aliphatic heterocycles. The van der Waals surface area contributed by atoms with Crippen molar-refractivity contribution in [3.63, 3.8) is 0 Å². The van der Waals surface area contributed by atoms with Gasteiger partial charge in [-0.05, 0) is 25.0 Å². The van der Waals surface area contributed by atoms with Gasteiger partial charge in [0.25, 0.3) is 0 Å². The van der Waals surface area contributed by atoms with Gasteiger partial charge < -0.3 is 20.1 Å². The van der Waals surface area contributed by atoms with E-state index in [-0.39, 0.29) is 24.4 Å². The third-order valence-electron chi connectivity index (χ3n) is 7.28. The maximum Gasteiger partial charge on any atom is 0.351 e. The van der Waals surface area contributed by atoms with Gasteiger partial charge >= 0.3 is 11.9 Å². The van der Waals surface area contributed by atoms with Crippen LogP contribution in [-0.4, -0.2) is 25.2 Å². The molecule has 0 aromatic heterocycles. The van der Waals surface area contributed by atoms with Crippen molar-refractivity contribution in [2.75, 3.05) is 23.8 Å². The molecule has 0 unspecified atom stereocenters. The first-order chi connectivity index (χ1) is 20.5. The molecular weight excluding hydrogens is 528 g/mol. The average Bonchev–Trinajstić information content (AvgIpc) is 3.00. The standard InChI is InChI=1S/C34H42N4O4/c1-3-5-7-9-11-13-21-41-33(39)27(23-35)29-19-17-25-15-16-26-18-20-30(38-32(26)31(25)37-29)28(24-36)34(40)42-22-14-12-10-8-6-4-2/h15-20,37-38H,3-14,21-22H2,1-2H3/b29-27-,30-28+. The van der Waals surface area contributed by atoms with Crippen LogP contribution in [0.1, 0.15) is 102 Å². The summed E-state index contributed by atoms with van der Waals surface area (Å²) in [6.45, 7) is 4.87. The topological polar surface area (TPSA) is 124 Å². The lowest BCUT2D eigenvalue weighted by molar-refractivity contribution is -0.139. The second-order valence-electron chi connectivity index (χ2n) is 10.5. The van der Waals surface area contributed by atoms with Crippen LogP contribution in [0.5, 0.6) is 0 Å². The highest BCUT2D eigenvalue weighted by molar-refractivity contribution is 6.00. The zero-order valence-corrected chi connectivity index (χ0v) is 24.9. The summed E-state index contributed by atoms with van der Waals surface area (Å²) in [5.41, 5.74) is 3.32. The van der Waals surface area contributed by atoms with E-state index in [1.54, 1.807) is 12.2 Å². The number of allylic oxidation sites excluding steroid dienone is 2. The molecule has 0 fully saturated rings. The maximum absolute atomic E-state index is 12.7. The quantitative estimate of drug-likeness (QED) is 0.0888. The number of nitriles is 2. The number of benzene rings is 1. The maximum atomic E-state index is 12.7. The van der Waals surface area contributed by atoms with E-state index in [9.17, 15) is 20.1 Å². The molecule has 1 aromatic rings. The summed E-state index contributed by atoms with van der Waals surface area (Å²) in [4.78, 5) is 25.5. The van der Waals surface area contributed by atoms with Gasteiger partial charge in [-0.15, -0.1) is 0 Å². The van der Waals surface area contributed by atoms with Crippen molar-refractivity contribution < 1.29 is 19.1 Å². The molecule has 2 aliphatic rings. The van der Waals surface area contributed by atoms with Crippen molar-refractivity contribution in [1.29, 1.82) is 10.5 Å². The molecule has 222 valence electrons. The smallest absolute Gasteiger partial charge is 0.351 e. The molecular formula is C34H42N4O4. The Morgan fingerprint density at radius 3 is 1.38 bits per heavy atom. The highest BCUT2D eigenvalue weighted by Crippen LogP contribution is 2.39. The fraction of sp³-hybridized carbons (Fsp3) is 0.471. The lowest BCUT2D eigenvalue weighted by Gasteiger charge is -2.25. The Morgan fingerprint density at radius 1 is 0.619 bits per heavy atom. The van der Waals surface area contributed by atoms with Gasteiger partial charge in [0, 0.05) is 11.1 Å². The second-order valence-corrected chi connectivity index (χ2v) is 10.5. The van der Waals surface area contributed by atoms with Crippen molar-refractivity contribution in [2.24, 2.45) is 0 Å². The first-order valence-corrected chi connectivity index (χ1v) is 15.2. The summed E-state index contributed by atoms with van der Waals surface area (Å²) in [6, 6.07) is 7.80. The van der Waals surface area contributed by atoms with Crippen molar-refractivity contribution in [3.8, 4) is 12.1 Å². The van der Waals surface area contributed by atoms with E-state index < -0.39 is 11.9 Å². The Labute approximate surface area is 249 Å². The Balaban J connectivity index is 1.69. The predicted molar refractivity (Wildman–Crippen MR) is 166 cm³/mol. The monoisotopic (exact) mass is 570 g/mol. The number of hydrogen-bond donors (Lipinski definition) is 2. The lowest BCUT2D eigenvalue weighted by atomic mass is 9.97. The summed E-state index contributed by atoms with van der Waals surface area (Å²) in [6.07, 6.45) is 19.8. The molecule has 0 atom stereocenters. The van der Waals surface area contributed by atoms with Crippen molar-refractivity contribution in [1.82, 2.24) is 0 Å². The van der Waals surface area contributed by atoms with Gasteiger partial charge in [0.1, 0.15) is 12.1 Å². The van der Waals surface area contributed by atoms with Gasteiger partial charge in [0.05, 0.1) is 36.0 Å². The average molecular weight is 571 g/mol. The molecule has 0 spiro atoms. The Bertz CT molecular complexity index is 1220. The third-order valence-corrected chi connectivity index (χ3v) is 7.28. The third kappa shape index (κ3) is 9.11. The molecule has 0 amide bonds.